The van der Waals surface area contributed by atoms with Crippen LogP contribution in [0.4, 0.5) is 0 Å². The quantitative estimate of drug-likeness (QED) is 0.385. The highest BCUT2D eigenvalue weighted by atomic mass is 31.2. The number of hydrogen-bond donors (Lipinski definition) is 4. The van der Waals surface area contributed by atoms with Crippen molar-refractivity contribution in [2.75, 3.05) is 6.61 Å². The van der Waals surface area contributed by atoms with Gasteiger partial charge in [0.15, 0.2) is 0 Å². The highest BCUT2D eigenvalue weighted by Crippen LogP contribution is 2.45. The fourth-order valence-electron chi connectivity index (χ4n) is 3.01. The van der Waals surface area contributed by atoms with Crippen LogP contribution in [-0.4, -0.2) is 50.6 Å². The molecule has 1 aromatic carbocycles. The van der Waals surface area contributed by atoms with Crippen LogP contribution >= 0.6 is 7.75 Å². The predicted molar refractivity (Wildman–Crippen MR) is 111 cm³/mol. The van der Waals surface area contributed by atoms with Gasteiger partial charge in [-0.1, -0.05) is 18.2 Å². The highest BCUT2D eigenvalue weighted by molar-refractivity contribution is 7.52. The van der Waals surface area contributed by atoms with Crippen LogP contribution < -0.4 is 20.9 Å². The summed E-state index contributed by atoms with van der Waals surface area (Å²) in [6.45, 7) is 2.37. The van der Waals surface area contributed by atoms with Crippen molar-refractivity contribution in [3.8, 4) is 5.75 Å². The molecular weight excluding hydrogens is 445 g/mol. The van der Waals surface area contributed by atoms with Crippen LogP contribution in [0, 0.1) is 6.92 Å². The number of aliphatic hydroxyl groups excluding tert-OH is 1. The lowest BCUT2D eigenvalue weighted by Gasteiger charge is -2.24. The number of H-pyrrole nitrogens is 1. The Bertz CT molecular complexity index is 1120. The third kappa shape index (κ3) is 5.72. The van der Waals surface area contributed by atoms with Crippen molar-refractivity contribution in [2.24, 2.45) is 0 Å². The molecule has 1 aromatic heterocycles. The number of hydrogen-bond acceptors (Lipinski definition) is 8. The van der Waals surface area contributed by atoms with Gasteiger partial charge in [-0.15, -0.1) is 0 Å². The van der Waals surface area contributed by atoms with E-state index in [0.717, 1.165) is 4.57 Å². The molecule has 1 unspecified atom stereocenters. The van der Waals surface area contributed by atoms with E-state index in [1.165, 1.54) is 32.2 Å². The summed E-state index contributed by atoms with van der Waals surface area (Å²) in [5.41, 5.74) is -0.938. The first kappa shape index (κ1) is 23.9. The maximum Gasteiger partial charge on any atom is 0.459 e. The topological polar surface area (TPSA) is 169 Å². The number of carboxylic acid groups (broad SMARTS) is 1. The number of para-hydroxylation sites is 1. The second-order valence-electron chi connectivity index (χ2n) is 7.30. The van der Waals surface area contributed by atoms with E-state index in [2.05, 4.69) is 10.1 Å². The molecule has 1 saturated heterocycles. The molecule has 1 fully saturated rings. The van der Waals surface area contributed by atoms with Gasteiger partial charge in [0, 0.05) is 18.2 Å². The van der Waals surface area contributed by atoms with E-state index in [0.29, 0.717) is 0 Å². The molecule has 1 aliphatic heterocycles. The lowest BCUT2D eigenvalue weighted by molar-refractivity contribution is -0.138. The summed E-state index contributed by atoms with van der Waals surface area (Å²) in [5.74, 6) is -1.09. The van der Waals surface area contributed by atoms with Crippen molar-refractivity contribution < 1.29 is 33.4 Å². The molecule has 3 rings (SSSR count). The van der Waals surface area contributed by atoms with Gasteiger partial charge >= 0.3 is 19.4 Å². The van der Waals surface area contributed by atoms with Gasteiger partial charge in [0.1, 0.15) is 24.1 Å². The van der Waals surface area contributed by atoms with Gasteiger partial charge < -0.3 is 19.5 Å². The molecule has 2 aromatic rings. The molecule has 0 radical (unpaired) electrons. The maximum absolute atomic E-state index is 13.2. The summed E-state index contributed by atoms with van der Waals surface area (Å²) >= 11 is 0. The second kappa shape index (κ2) is 9.80. The van der Waals surface area contributed by atoms with Gasteiger partial charge in [-0.3, -0.25) is 23.7 Å². The summed E-state index contributed by atoms with van der Waals surface area (Å²) in [5, 5.41) is 21.8. The van der Waals surface area contributed by atoms with Crippen LogP contribution in [0.2, 0.25) is 0 Å². The van der Waals surface area contributed by atoms with Gasteiger partial charge in [-0.05, 0) is 26.0 Å². The molecule has 2 heterocycles. The molecule has 0 spiro atoms. The van der Waals surface area contributed by atoms with Crippen LogP contribution in [-0.2, 0) is 18.6 Å². The average Bonchev–Trinajstić information content (AvgIpc) is 3.10. The minimum atomic E-state index is -4.18. The van der Waals surface area contributed by atoms with Crippen molar-refractivity contribution in [2.45, 2.75) is 44.7 Å². The molecule has 13 heteroatoms. The Kier molecular flexibility index (Phi) is 7.32. The lowest BCUT2D eigenvalue weighted by Crippen LogP contribution is -2.35. The van der Waals surface area contributed by atoms with Gasteiger partial charge in [-0.2, -0.15) is 5.09 Å². The van der Waals surface area contributed by atoms with Crippen molar-refractivity contribution in [1.29, 1.82) is 0 Å². The number of rotatable bonds is 9. The van der Waals surface area contributed by atoms with Gasteiger partial charge in [0.05, 0.1) is 12.7 Å². The minimum absolute atomic E-state index is 0.0161. The molecular formula is C19H24N3O9P. The number of aliphatic carboxylic acids is 1. The fraction of sp³-hybridized carbons (Fsp3) is 0.421. The molecule has 12 nitrogen and oxygen atoms in total. The van der Waals surface area contributed by atoms with E-state index in [9.17, 15) is 24.1 Å². The average molecular weight is 469 g/mol. The zero-order chi connectivity index (χ0) is 23.5. The van der Waals surface area contributed by atoms with E-state index in [1.54, 1.807) is 18.2 Å². The number of nitrogens with zero attached hydrogens (tertiary/aromatic N) is 1. The Labute approximate surface area is 182 Å². The minimum Gasteiger partial charge on any atom is -0.480 e. The van der Waals surface area contributed by atoms with Gasteiger partial charge in [-0.25, -0.2) is 9.36 Å². The van der Waals surface area contributed by atoms with Crippen molar-refractivity contribution in [1.82, 2.24) is 14.6 Å². The molecule has 0 bridgehead atoms. The van der Waals surface area contributed by atoms with E-state index >= 15 is 0 Å². The number of benzene rings is 1. The fourth-order valence-corrected chi connectivity index (χ4v) is 4.52. The van der Waals surface area contributed by atoms with Crippen molar-refractivity contribution >= 4 is 13.7 Å². The van der Waals surface area contributed by atoms with E-state index < -0.39 is 56.0 Å². The summed E-state index contributed by atoms with van der Waals surface area (Å²) in [6.07, 6.45) is -1.62. The van der Waals surface area contributed by atoms with Crippen molar-refractivity contribution in [3.05, 3.63) is 62.9 Å². The highest BCUT2D eigenvalue weighted by Gasteiger charge is 2.39. The Hall–Kier alpha value is -2.76. The Balaban J connectivity index is 1.73. The summed E-state index contributed by atoms with van der Waals surface area (Å²) in [6, 6.07) is 6.78. The lowest BCUT2D eigenvalue weighted by atomic mass is 10.2. The second-order valence-corrected chi connectivity index (χ2v) is 8.99. The van der Waals surface area contributed by atoms with E-state index in [-0.39, 0.29) is 17.7 Å². The van der Waals surface area contributed by atoms with Crippen LogP contribution in [0.1, 0.15) is 25.1 Å². The number of carbonyl (C=O) groups is 1. The monoisotopic (exact) mass is 469 g/mol. The van der Waals surface area contributed by atoms with Crippen LogP contribution in [0.25, 0.3) is 0 Å². The molecule has 0 amide bonds. The first-order valence-corrected chi connectivity index (χ1v) is 11.3. The molecule has 0 saturated carbocycles. The Morgan fingerprint density at radius 1 is 1.38 bits per heavy atom. The smallest absolute Gasteiger partial charge is 0.459 e. The number of nitrogens with one attached hydrogen (secondary N) is 2. The number of aromatic amines is 1. The summed E-state index contributed by atoms with van der Waals surface area (Å²) < 4.78 is 30.8. The Morgan fingerprint density at radius 3 is 2.72 bits per heavy atom. The molecule has 32 heavy (non-hydrogen) atoms. The van der Waals surface area contributed by atoms with E-state index in [4.69, 9.17) is 18.9 Å². The van der Waals surface area contributed by atoms with E-state index in [1.807, 2.05) is 0 Å². The molecule has 174 valence electrons. The van der Waals surface area contributed by atoms with Gasteiger partial charge in [0.25, 0.3) is 5.56 Å². The van der Waals surface area contributed by atoms with Gasteiger partial charge in [0.2, 0.25) is 0 Å². The molecule has 5 atom stereocenters. The number of aryl methyl sites for hydroxylation is 1. The van der Waals surface area contributed by atoms with Crippen LogP contribution in [0.3, 0.4) is 0 Å². The number of carboxylic acids is 1. The normalized spacial score (nSPS) is 23.4. The third-order valence-electron chi connectivity index (χ3n) is 4.76. The number of aromatic nitrogens is 2. The summed E-state index contributed by atoms with van der Waals surface area (Å²) in [4.78, 5) is 37.0. The maximum atomic E-state index is 13.2. The zero-order valence-corrected chi connectivity index (χ0v) is 18.2. The number of aliphatic hydroxyl groups is 1. The van der Waals surface area contributed by atoms with Crippen LogP contribution in [0.5, 0.6) is 5.75 Å². The van der Waals surface area contributed by atoms with Crippen LogP contribution in [0.15, 0.2) is 46.1 Å². The van der Waals surface area contributed by atoms with Crippen molar-refractivity contribution in [3.63, 3.8) is 0 Å². The first-order valence-electron chi connectivity index (χ1n) is 9.73. The predicted octanol–water partition coefficient (Wildman–Crippen LogP) is 0.760. The molecule has 4 N–H and O–H groups in total. The SMILES string of the molecule is Cc1cn([C@H]2C[C@H](O)[C@@H](COP(=O)(N[C@@H](C)C(=O)O)Oc3ccccc3)O2)c(=O)[nH]c1=O. The Morgan fingerprint density at radius 2 is 2.06 bits per heavy atom. The zero-order valence-electron chi connectivity index (χ0n) is 17.3. The standard InChI is InChI=1S/C19H24N3O9P/c1-11-9-22(19(27)20-17(11)24)16-8-14(23)15(30-16)10-29-32(28,21-12(2)18(25)26)31-13-6-4-3-5-7-13/h3-7,9,12,14-16,23H,8,10H2,1-2H3,(H,21,28)(H,25,26)(H,20,24,27)/t12-,14-,15+,16+,32?/m0/s1. The largest absolute Gasteiger partial charge is 0.480 e. The number of ether oxygens (including phenoxy) is 1. The third-order valence-corrected chi connectivity index (χ3v) is 6.40. The molecule has 0 aliphatic carbocycles. The first-order chi connectivity index (χ1) is 15.1. The molecule has 1 aliphatic rings. The summed E-state index contributed by atoms with van der Waals surface area (Å²) in [7, 11) is -4.18.